The molecule has 0 radical (unpaired) electrons. The van der Waals surface area contributed by atoms with Crippen LogP contribution >= 0.6 is 11.8 Å². The maximum absolute atomic E-state index is 7.36. The fourth-order valence-electron chi connectivity index (χ4n) is 1.25. The van der Waals surface area contributed by atoms with Crippen molar-refractivity contribution in [2.75, 3.05) is 5.75 Å². The third-order valence-corrected chi connectivity index (χ3v) is 3.16. The molecular weight excluding hydrogens is 192 g/mol. The van der Waals surface area contributed by atoms with E-state index < -0.39 is 0 Å². The molecule has 0 fully saturated rings. The number of nitrogen functional groups attached to an aromatic ring is 1. The first kappa shape index (κ1) is 11.1. The third kappa shape index (κ3) is 2.77. The predicted octanol–water partition coefficient (Wildman–Crippen LogP) is 2.78. The molecule has 1 aromatic carbocycles. The van der Waals surface area contributed by atoms with Crippen molar-refractivity contribution in [2.45, 2.75) is 25.2 Å². The Morgan fingerprint density at radius 2 is 2.21 bits per heavy atom. The predicted molar refractivity (Wildman–Crippen MR) is 63.2 cm³/mol. The Morgan fingerprint density at radius 3 is 2.71 bits per heavy atom. The summed E-state index contributed by atoms with van der Waals surface area (Å²) in [6.07, 6.45) is 1.18. The zero-order chi connectivity index (χ0) is 10.6. The Morgan fingerprint density at radius 1 is 1.50 bits per heavy atom. The van der Waals surface area contributed by atoms with Crippen LogP contribution in [-0.4, -0.2) is 11.6 Å². The lowest BCUT2D eigenvalue weighted by atomic mass is 10.1. The molecule has 3 heteroatoms. The van der Waals surface area contributed by atoms with Crippen molar-refractivity contribution in [1.29, 1.82) is 5.41 Å². The van der Waals surface area contributed by atoms with Gasteiger partial charge in [0.1, 0.15) is 5.84 Å². The normalized spacial score (nSPS) is 10.1. The average Bonchev–Trinajstić information content (AvgIpc) is 2.14. The van der Waals surface area contributed by atoms with Crippen LogP contribution in [0.3, 0.4) is 0 Å². The number of rotatable bonds is 4. The average molecular weight is 208 g/mol. The quantitative estimate of drug-likeness (QED) is 0.454. The van der Waals surface area contributed by atoms with Crippen molar-refractivity contribution in [1.82, 2.24) is 0 Å². The Hall–Kier alpha value is -0.960. The number of benzene rings is 1. The highest BCUT2D eigenvalue weighted by Crippen LogP contribution is 2.21. The van der Waals surface area contributed by atoms with Gasteiger partial charge >= 0.3 is 0 Å². The number of hydrogen-bond acceptors (Lipinski definition) is 2. The van der Waals surface area contributed by atoms with Gasteiger partial charge in [0, 0.05) is 10.5 Å². The van der Waals surface area contributed by atoms with Crippen LogP contribution in [0.15, 0.2) is 23.1 Å². The lowest BCUT2D eigenvalue weighted by Crippen LogP contribution is -2.12. The van der Waals surface area contributed by atoms with E-state index in [1.54, 1.807) is 0 Å². The summed E-state index contributed by atoms with van der Waals surface area (Å²) in [7, 11) is 0. The molecule has 0 saturated carbocycles. The molecule has 0 aliphatic rings. The Labute approximate surface area is 89.4 Å². The molecule has 0 amide bonds. The number of hydrogen-bond donors (Lipinski definition) is 2. The van der Waals surface area contributed by atoms with E-state index in [0.29, 0.717) is 0 Å². The summed E-state index contributed by atoms with van der Waals surface area (Å²) in [5, 5.41) is 7.36. The maximum atomic E-state index is 7.36. The van der Waals surface area contributed by atoms with Gasteiger partial charge in [0.15, 0.2) is 0 Å². The smallest absolute Gasteiger partial charge is 0.123 e. The van der Waals surface area contributed by atoms with Gasteiger partial charge in [-0.2, -0.15) is 0 Å². The van der Waals surface area contributed by atoms with Crippen LogP contribution in [0.5, 0.6) is 0 Å². The van der Waals surface area contributed by atoms with E-state index in [4.69, 9.17) is 11.1 Å². The number of nitrogens with two attached hydrogens (primary N) is 1. The van der Waals surface area contributed by atoms with E-state index in [1.165, 1.54) is 11.3 Å². The van der Waals surface area contributed by atoms with Crippen molar-refractivity contribution < 1.29 is 0 Å². The highest BCUT2D eigenvalue weighted by Gasteiger charge is 2.02. The third-order valence-electron chi connectivity index (χ3n) is 1.96. The topological polar surface area (TPSA) is 49.9 Å². The minimum Gasteiger partial charge on any atom is -0.384 e. The Balaban J connectivity index is 2.83. The van der Waals surface area contributed by atoms with Gasteiger partial charge in [0.2, 0.25) is 0 Å². The number of nitrogens with one attached hydrogen (secondary N) is 1. The highest BCUT2D eigenvalue weighted by molar-refractivity contribution is 7.99. The van der Waals surface area contributed by atoms with Crippen molar-refractivity contribution in [3.63, 3.8) is 0 Å². The summed E-state index contributed by atoms with van der Waals surface area (Å²) in [6, 6.07) is 6.05. The van der Waals surface area contributed by atoms with E-state index in [0.717, 1.165) is 16.9 Å². The molecule has 3 N–H and O–H groups in total. The molecule has 1 aromatic rings. The van der Waals surface area contributed by atoms with Crippen molar-refractivity contribution in [3.8, 4) is 0 Å². The first-order valence-electron chi connectivity index (χ1n) is 4.73. The van der Waals surface area contributed by atoms with Crippen LogP contribution < -0.4 is 5.73 Å². The van der Waals surface area contributed by atoms with Crippen LogP contribution in [0.1, 0.15) is 24.5 Å². The van der Waals surface area contributed by atoms with E-state index in [-0.39, 0.29) is 5.84 Å². The second-order valence-corrected chi connectivity index (χ2v) is 4.41. The molecule has 14 heavy (non-hydrogen) atoms. The molecule has 0 bridgehead atoms. The van der Waals surface area contributed by atoms with Gasteiger partial charge in [-0.05, 0) is 42.9 Å². The van der Waals surface area contributed by atoms with Gasteiger partial charge in [-0.1, -0.05) is 6.92 Å². The van der Waals surface area contributed by atoms with Crippen LogP contribution in [0, 0.1) is 12.3 Å². The van der Waals surface area contributed by atoms with Gasteiger partial charge < -0.3 is 5.73 Å². The van der Waals surface area contributed by atoms with Crippen LogP contribution in [0.4, 0.5) is 0 Å². The monoisotopic (exact) mass is 208 g/mol. The fourth-order valence-corrected chi connectivity index (χ4v) is 2.11. The summed E-state index contributed by atoms with van der Waals surface area (Å²) in [6.45, 7) is 4.16. The van der Waals surface area contributed by atoms with Gasteiger partial charge in [-0.15, -0.1) is 11.8 Å². The fraction of sp³-hybridized carbons (Fsp3) is 0.364. The SMILES string of the molecule is CCCSc1ccc(C(=N)N)c(C)c1. The molecule has 0 aliphatic heterocycles. The summed E-state index contributed by atoms with van der Waals surface area (Å²) >= 11 is 1.84. The van der Waals surface area contributed by atoms with Crippen LogP contribution in [-0.2, 0) is 0 Å². The largest absolute Gasteiger partial charge is 0.384 e. The molecule has 76 valence electrons. The molecule has 0 saturated heterocycles. The molecule has 0 spiro atoms. The van der Waals surface area contributed by atoms with Crippen molar-refractivity contribution >= 4 is 17.6 Å². The lowest BCUT2D eigenvalue weighted by Gasteiger charge is -2.06. The molecular formula is C11H16N2S. The summed E-state index contributed by atoms with van der Waals surface area (Å²) in [5.41, 5.74) is 7.36. The summed E-state index contributed by atoms with van der Waals surface area (Å²) < 4.78 is 0. The first-order valence-corrected chi connectivity index (χ1v) is 5.71. The summed E-state index contributed by atoms with van der Waals surface area (Å²) in [4.78, 5) is 1.26. The summed E-state index contributed by atoms with van der Waals surface area (Å²) in [5.74, 6) is 1.29. The number of aryl methyl sites for hydroxylation is 1. The standard InChI is InChI=1S/C11H16N2S/c1-3-6-14-9-4-5-10(11(12)13)8(2)7-9/h4-5,7H,3,6H2,1-2H3,(H3,12,13). The zero-order valence-electron chi connectivity index (χ0n) is 8.63. The van der Waals surface area contributed by atoms with E-state index in [9.17, 15) is 0 Å². The lowest BCUT2D eigenvalue weighted by molar-refractivity contribution is 1.10. The zero-order valence-corrected chi connectivity index (χ0v) is 9.45. The molecule has 0 aromatic heterocycles. The molecule has 2 nitrogen and oxygen atoms in total. The van der Waals surface area contributed by atoms with Gasteiger partial charge in [-0.3, -0.25) is 5.41 Å². The molecule has 0 unspecified atom stereocenters. The van der Waals surface area contributed by atoms with E-state index in [1.807, 2.05) is 30.8 Å². The molecule has 0 heterocycles. The highest BCUT2D eigenvalue weighted by atomic mass is 32.2. The minimum atomic E-state index is 0.148. The maximum Gasteiger partial charge on any atom is 0.123 e. The van der Waals surface area contributed by atoms with Crippen molar-refractivity contribution in [3.05, 3.63) is 29.3 Å². The molecule has 0 atom stereocenters. The molecule has 0 aliphatic carbocycles. The number of amidine groups is 1. The van der Waals surface area contributed by atoms with Crippen LogP contribution in [0.25, 0.3) is 0 Å². The number of thioether (sulfide) groups is 1. The Bertz CT molecular complexity index is 334. The van der Waals surface area contributed by atoms with Gasteiger partial charge in [0.25, 0.3) is 0 Å². The first-order chi connectivity index (χ1) is 6.65. The van der Waals surface area contributed by atoms with E-state index >= 15 is 0 Å². The second kappa shape index (κ2) is 5.05. The minimum absolute atomic E-state index is 0.148. The van der Waals surface area contributed by atoms with Gasteiger partial charge in [0.05, 0.1) is 0 Å². The molecule has 1 rings (SSSR count). The van der Waals surface area contributed by atoms with Gasteiger partial charge in [-0.25, -0.2) is 0 Å². The second-order valence-electron chi connectivity index (χ2n) is 3.24. The van der Waals surface area contributed by atoms with Crippen molar-refractivity contribution in [2.24, 2.45) is 5.73 Å². The van der Waals surface area contributed by atoms with Crippen LogP contribution in [0.2, 0.25) is 0 Å². The Kier molecular flexibility index (Phi) is 4.01. The van der Waals surface area contributed by atoms with E-state index in [2.05, 4.69) is 13.0 Å².